The zero-order chi connectivity index (χ0) is 28.6. The maximum atomic E-state index is 12.8. The van der Waals surface area contributed by atoms with Crippen molar-refractivity contribution in [1.29, 1.82) is 0 Å². The summed E-state index contributed by atoms with van der Waals surface area (Å²) in [6.07, 6.45) is 1.52. The zero-order valence-electron chi connectivity index (χ0n) is 23.7. The Kier molecular flexibility index (Phi) is 14.1. The highest BCUT2D eigenvalue weighted by Crippen LogP contribution is 2.16. The van der Waals surface area contributed by atoms with Crippen LogP contribution in [0.2, 0.25) is 0 Å². The smallest absolute Gasteiger partial charge is 0.306 e. The fourth-order valence-corrected chi connectivity index (χ4v) is 4.18. The topological polar surface area (TPSA) is 114 Å². The van der Waals surface area contributed by atoms with E-state index in [0.29, 0.717) is 24.5 Å². The van der Waals surface area contributed by atoms with E-state index in [1.165, 1.54) is 7.11 Å². The largest absolute Gasteiger partial charge is 0.493 e. The summed E-state index contributed by atoms with van der Waals surface area (Å²) in [5, 5.41) is 17.2. The number of esters is 1. The van der Waals surface area contributed by atoms with Gasteiger partial charge in [-0.1, -0.05) is 61.9 Å². The van der Waals surface area contributed by atoms with E-state index in [-0.39, 0.29) is 50.1 Å². The molecule has 0 aliphatic rings. The Morgan fingerprint density at radius 2 is 1.54 bits per heavy atom. The third-order valence-electron chi connectivity index (χ3n) is 6.50. The van der Waals surface area contributed by atoms with Gasteiger partial charge in [0, 0.05) is 12.5 Å². The van der Waals surface area contributed by atoms with E-state index in [1.54, 1.807) is 0 Å². The minimum absolute atomic E-state index is 0.000857. The van der Waals surface area contributed by atoms with Crippen LogP contribution in [0.3, 0.4) is 0 Å². The van der Waals surface area contributed by atoms with Gasteiger partial charge in [0.15, 0.2) is 0 Å². The highest BCUT2D eigenvalue weighted by atomic mass is 16.5. The van der Waals surface area contributed by atoms with Gasteiger partial charge in [0.2, 0.25) is 11.8 Å². The van der Waals surface area contributed by atoms with Crippen molar-refractivity contribution in [3.05, 3.63) is 65.7 Å². The van der Waals surface area contributed by atoms with E-state index in [0.717, 1.165) is 17.5 Å². The SMILES string of the molecule is COC(=O)CCC(=O)N[C@@H](CCC(C)C)C[C@H](O)[C@H](Cc1ccccc1)NC(=O)CCOc1ccc(C)cc1. The summed E-state index contributed by atoms with van der Waals surface area (Å²) >= 11 is 0. The molecule has 2 aromatic rings. The van der Waals surface area contributed by atoms with Gasteiger partial charge in [-0.2, -0.15) is 0 Å². The molecule has 0 saturated heterocycles. The summed E-state index contributed by atoms with van der Waals surface area (Å²) in [4.78, 5) is 36.8. The van der Waals surface area contributed by atoms with Crippen molar-refractivity contribution >= 4 is 17.8 Å². The molecule has 0 fully saturated rings. The molecule has 0 bridgehead atoms. The molecule has 0 aromatic heterocycles. The van der Waals surface area contributed by atoms with Crippen LogP contribution < -0.4 is 15.4 Å². The Morgan fingerprint density at radius 3 is 2.18 bits per heavy atom. The van der Waals surface area contributed by atoms with Gasteiger partial charge in [-0.3, -0.25) is 14.4 Å². The summed E-state index contributed by atoms with van der Waals surface area (Å²) in [7, 11) is 1.29. The number of hydrogen-bond acceptors (Lipinski definition) is 6. The van der Waals surface area contributed by atoms with Gasteiger partial charge in [-0.25, -0.2) is 0 Å². The predicted molar refractivity (Wildman–Crippen MR) is 151 cm³/mol. The number of hydrogen-bond donors (Lipinski definition) is 3. The molecule has 39 heavy (non-hydrogen) atoms. The molecule has 2 aromatic carbocycles. The van der Waals surface area contributed by atoms with Crippen molar-refractivity contribution in [2.75, 3.05) is 13.7 Å². The second-order valence-corrected chi connectivity index (χ2v) is 10.4. The third-order valence-corrected chi connectivity index (χ3v) is 6.50. The second kappa shape index (κ2) is 17.2. The Labute approximate surface area is 232 Å². The number of carbonyl (C=O) groups excluding carboxylic acids is 3. The molecule has 0 aliphatic carbocycles. The van der Waals surface area contributed by atoms with Gasteiger partial charge in [0.1, 0.15) is 5.75 Å². The fraction of sp³-hybridized carbons (Fsp3) is 0.516. The van der Waals surface area contributed by atoms with E-state index in [1.807, 2.05) is 61.5 Å². The number of carbonyl (C=O) groups is 3. The first-order chi connectivity index (χ1) is 18.7. The van der Waals surface area contributed by atoms with E-state index in [9.17, 15) is 19.5 Å². The lowest BCUT2D eigenvalue weighted by Crippen LogP contribution is -2.48. The van der Waals surface area contributed by atoms with Gasteiger partial charge in [0.25, 0.3) is 0 Å². The number of rotatable bonds is 17. The quantitative estimate of drug-likeness (QED) is 0.260. The first kappa shape index (κ1) is 31.8. The summed E-state index contributed by atoms with van der Waals surface area (Å²) < 4.78 is 10.3. The second-order valence-electron chi connectivity index (χ2n) is 10.4. The highest BCUT2D eigenvalue weighted by Gasteiger charge is 2.26. The number of aliphatic hydroxyl groups is 1. The molecule has 0 saturated carbocycles. The predicted octanol–water partition coefficient (Wildman–Crippen LogP) is 4.12. The third kappa shape index (κ3) is 13.3. The van der Waals surface area contributed by atoms with Gasteiger partial charge in [0.05, 0.1) is 38.7 Å². The van der Waals surface area contributed by atoms with Gasteiger partial charge in [-0.05, 0) is 56.2 Å². The highest BCUT2D eigenvalue weighted by molar-refractivity contribution is 5.81. The van der Waals surface area contributed by atoms with E-state index >= 15 is 0 Å². The van der Waals surface area contributed by atoms with Crippen LogP contribution in [0.15, 0.2) is 54.6 Å². The van der Waals surface area contributed by atoms with Crippen LogP contribution in [-0.4, -0.2) is 54.8 Å². The van der Waals surface area contributed by atoms with Crippen molar-refractivity contribution in [2.45, 2.75) is 83.9 Å². The molecule has 0 spiro atoms. The minimum atomic E-state index is -0.898. The maximum absolute atomic E-state index is 12.8. The average Bonchev–Trinajstić information content (AvgIpc) is 2.91. The molecule has 0 aliphatic heterocycles. The number of aliphatic hydroxyl groups excluding tert-OH is 1. The number of aryl methyl sites for hydroxylation is 1. The molecular weight excluding hydrogens is 496 g/mol. The van der Waals surface area contributed by atoms with Crippen LogP contribution in [-0.2, 0) is 25.5 Å². The molecule has 2 rings (SSSR count). The van der Waals surface area contributed by atoms with Crippen LogP contribution >= 0.6 is 0 Å². The fourth-order valence-electron chi connectivity index (χ4n) is 4.18. The molecule has 3 atom stereocenters. The normalized spacial score (nSPS) is 13.3. The molecule has 0 radical (unpaired) electrons. The molecule has 2 amide bonds. The first-order valence-corrected chi connectivity index (χ1v) is 13.7. The van der Waals surface area contributed by atoms with Gasteiger partial charge < -0.3 is 25.2 Å². The summed E-state index contributed by atoms with van der Waals surface area (Å²) in [6.45, 7) is 6.42. The van der Waals surface area contributed by atoms with Crippen LogP contribution in [0.25, 0.3) is 0 Å². The molecule has 0 heterocycles. The van der Waals surface area contributed by atoms with Crippen molar-refractivity contribution in [2.24, 2.45) is 5.92 Å². The zero-order valence-corrected chi connectivity index (χ0v) is 23.7. The number of nitrogens with one attached hydrogen (secondary N) is 2. The monoisotopic (exact) mass is 540 g/mol. The lowest BCUT2D eigenvalue weighted by molar-refractivity contribution is -0.142. The molecule has 8 heteroatoms. The van der Waals surface area contributed by atoms with Crippen LogP contribution in [0, 0.1) is 12.8 Å². The molecule has 214 valence electrons. The van der Waals surface area contributed by atoms with E-state index in [4.69, 9.17) is 4.74 Å². The summed E-state index contributed by atoms with van der Waals surface area (Å²) in [5.41, 5.74) is 2.11. The lowest BCUT2D eigenvalue weighted by Gasteiger charge is -2.29. The summed E-state index contributed by atoms with van der Waals surface area (Å²) in [5.74, 6) is 0.192. The average molecular weight is 541 g/mol. The van der Waals surface area contributed by atoms with Crippen molar-refractivity contribution in [1.82, 2.24) is 10.6 Å². The molecule has 0 unspecified atom stereocenters. The minimum Gasteiger partial charge on any atom is -0.493 e. The van der Waals surface area contributed by atoms with E-state index in [2.05, 4.69) is 29.2 Å². The van der Waals surface area contributed by atoms with Crippen molar-refractivity contribution in [3.63, 3.8) is 0 Å². The van der Waals surface area contributed by atoms with Crippen LogP contribution in [0.5, 0.6) is 5.75 Å². The molecule has 8 nitrogen and oxygen atoms in total. The Bertz CT molecular complexity index is 1010. The maximum Gasteiger partial charge on any atom is 0.306 e. The van der Waals surface area contributed by atoms with E-state index < -0.39 is 18.1 Å². The van der Waals surface area contributed by atoms with Crippen molar-refractivity contribution in [3.8, 4) is 5.75 Å². The summed E-state index contributed by atoms with van der Waals surface area (Å²) in [6, 6.07) is 16.5. The number of methoxy groups -OCH3 is 1. The molecule has 3 N–H and O–H groups in total. The number of ether oxygens (including phenoxy) is 2. The lowest BCUT2D eigenvalue weighted by atomic mass is 9.93. The number of amides is 2. The van der Waals surface area contributed by atoms with Crippen LogP contribution in [0.4, 0.5) is 0 Å². The van der Waals surface area contributed by atoms with Gasteiger partial charge >= 0.3 is 5.97 Å². The Hall–Kier alpha value is -3.39. The standard InChI is InChI=1S/C31H44N2O6/c1-22(2)10-13-25(32-29(35)16-17-31(37)38-4)21-28(34)27(20-24-8-6-5-7-9-24)33-30(36)18-19-39-26-14-11-23(3)12-15-26/h5-9,11-12,14-15,22,25,27-28,34H,10,13,16-21H2,1-4H3,(H,32,35)(H,33,36)/t25-,27-,28-/m0/s1. The molecular formula is C31H44N2O6. The van der Waals surface area contributed by atoms with Crippen molar-refractivity contribution < 1.29 is 29.0 Å². The number of benzene rings is 2. The van der Waals surface area contributed by atoms with Crippen LogP contribution in [0.1, 0.15) is 63.5 Å². The van der Waals surface area contributed by atoms with Gasteiger partial charge in [-0.15, -0.1) is 0 Å². The Balaban J connectivity index is 2.03. The first-order valence-electron chi connectivity index (χ1n) is 13.7. The Morgan fingerprint density at radius 1 is 0.872 bits per heavy atom.